The fourth-order valence-corrected chi connectivity index (χ4v) is 3.33. The SMILES string of the molecule is CCCCCCCCCCCCCOC(=O)c1ccc2ccccc2c1. The summed E-state index contributed by atoms with van der Waals surface area (Å²) in [5.41, 5.74) is 0.645. The normalized spacial score (nSPS) is 11.0. The standard InChI is InChI=1S/C24H34O2/c1-2-3-4-5-6-7-8-9-10-11-14-19-26-24(25)23-18-17-21-15-12-13-16-22(21)20-23/h12-13,15-18,20H,2-11,14,19H2,1H3. The molecule has 0 spiro atoms. The van der Waals surface area contributed by atoms with Crippen molar-refractivity contribution in [3.63, 3.8) is 0 Å². The van der Waals surface area contributed by atoms with Gasteiger partial charge in [0.05, 0.1) is 12.2 Å². The molecule has 2 nitrogen and oxygen atoms in total. The van der Waals surface area contributed by atoms with Gasteiger partial charge in [-0.25, -0.2) is 4.79 Å². The van der Waals surface area contributed by atoms with Gasteiger partial charge in [-0.05, 0) is 29.3 Å². The molecule has 2 heteroatoms. The third kappa shape index (κ3) is 7.59. The summed E-state index contributed by atoms with van der Waals surface area (Å²) in [5.74, 6) is -0.206. The van der Waals surface area contributed by atoms with E-state index in [1.165, 1.54) is 57.8 Å². The van der Waals surface area contributed by atoms with Gasteiger partial charge < -0.3 is 4.74 Å². The summed E-state index contributed by atoms with van der Waals surface area (Å²) in [6, 6.07) is 13.8. The number of hydrogen-bond donors (Lipinski definition) is 0. The van der Waals surface area contributed by atoms with Gasteiger partial charge in [0.15, 0.2) is 0 Å². The van der Waals surface area contributed by atoms with Crippen LogP contribution in [0.1, 0.15) is 87.9 Å². The first-order valence-corrected chi connectivity index (χ1v) is 10.5. The summed E-state index contributed by atoms with van der Waals surface area (Å²) in [7, 11) is 0. The van der Waals surface area contributed by atoms with Crippen LogP contribution in [0.3, 0.4) is 0 Å². The largest absolute Gasteiger partial charge is 0.462 e. The molecule has 0 bridgehead atoms. The molecule has 0 aromatic heterocycles. The summed E-state index contributed by atoms with van der Waals surface area (Å²) >= 11 is 0. The number of unbranched alkanes of at least 4 members (excludes halogenated alkanes) is 10. The van der Waals surface area contributed by atoms with E-state index in [2.05, 4.69) is 13.0 Å². The summed E-state index contributed by atoms with van der Waals surface area (Å²) in [4.78, 5) is 12.1. The summed E-state index contributed by atoms with van der Waals surface area (Å²) in [5, 5.41) is 2.23. The van der Waals surface area contributed by atoms with Crippen LogP contribution in [0.15, 0.2) is 42.5 Å². The van der Waals surface area contributed by atoms with Gasteiger partial charge in [-0.15, -0.1) is 0 Å². The number of esters is 1. The van der Waals surface area contributed by atoms with Crippen molar-refractivity contribution >= 4 is 16.7 Å². The zero-order valence-corrected chi connectivity index (χ0v) is 16.3. The van der Waals surface area contributed by atoms with E-state index in [4.69, 9.17) is 4.74 Å². The molecule has 0 aliphatic carbocycles. The van der Waals surface area contributed by atoms with Gasteiger partial charge in [-0.3, -0.25) is 0 Å². The maximum absolute atomic E-state index is 12.1. The maximum Gasteiger partial charge on any atom is 0.338 e. The molecule has 0 aliphatic rings. The predicted octanol–water partition coefficient (Wildman–Crippen LogP) is 7.31. The Morgan fingerprint density at radius 1 is 0.731 bits per heavy atom. The molecule has 2 aromatic rings. The highest BCUT2D eigenvalue weighted by atomic mass is 16.5. The molecule has 2 aromatic carbocycles. The quantitative estimate of drug-likeness (QED) is 0.278. The summed E-state index contributed by atoms with van der Waals surface area (Å²) < 4.78 is 5.42. The van der Waals surface area contributed by atoms with Gasteiger partial charge in [0.1, 0.15) is 0 Å². The second kappa shape index (κ2) is 12.5. The molecule has 0 aliphatic heterocycles. The van der Waals surface area contributed by atoms with Crippen LogP contribution in [0.2, 0.25) is 0 Å². The Bertz CT molecular complexity index is 647. The van der Waals surface area contributed by atoms with Crippen LogP contribution in [0.4, 0.5) is 0 Å². The lowest BCUT2D eigenvalue weighted by Gasteiger charge is -2.06. The van der Waals surface area contributed by atoms with Crippen LogP contribution in [0.25, 0.3) is 10.8 Å². The monoisotopic (exact) mass is 354 g/mol. The van der Waals surface area contributed by atoms with E-state index in [1.54, 1.807) is 0 Å². The number of hydrogen-bond acceptors (Lipinski definition) is 2. The molecule has 0 fully saturated rings. The molecule has 0 unspecified atom stereocenters. The number of carbonyl (C=O) groups is 1. The summed E-state index contributed by atoms with van der Waals surface area (Å²) in [6.07, 6.45) is 14.3. The van der Waals surface area contributed by atoms with Gasteiger partial charge in [-0.1, -0.05) is 101 Å². The third-order valence-corrected chi connectivity index (χ3v) is 4.97. The van der Waals surface area contributed by atoms with E-state index < -0.39 is 0 Å². The third-order valence-electron chi connectivity index (χ3n) is 4.97. The fourth-order valence-electron chi connectivity index (χ4n) is 3.33. The molecular weight excluding hydrogens is 320 g/mol. The molecule has 0 radical (unpaired) electrons. The second-order valence-corrected chi connectivity index (χ2v) is 7.23. The van der Waals surface area contributed by atoms with E-state index in [9.17, 15) is 4.79 Å². The van der Waals surface area contributed by atoms with Gasteiger partial charge in [0.2, 0.25) is 0 Å². The minimum atomic E-state index is -0.206. The first kappa shape index (κ1) is 20.5. The minimum Gasteiger partial charge on any atom is -0.462 e. The highest BCUT2D eigenvalue weighted by molar-refractivity contribution is 5.95. The van der Waals surface area contributed by atoms with Gasteiger partial charge in [-0.2, -0.15) is 0 Å². The number of carbonyl (C=O) groups excluding carboxylic acids is 1. The van der Waals surface area contributed by atoms with Crippen molar-refractivity contribution in [2.24, 2.45) is 0 Å². The molecule has 0 saturated carbocycles. The number of ether oxygens (including phenoxy) is 1. The molecule has 2 rings (SSSR count). The van der Waals surface area contributed by atoms with Gasteiger partial charge in [0.25, 0.3) is 0 Å². The van der Waals surface area contributed by atoms with Crippen molar-refractivity contribution in [2.45, 2.75) is 77.6 Å². The van der Waals surface area contributed by atoms with Gasteiger partial charge >= 0.3 is 5.97 Å². The van der Waals surface area contributed by atoms with Crippen LogP contribution >= 0.6 is 0 Å². The van der Waals surface area contributed by atoms with Crippen LogP contribution < -0.4 is 0 Å². The van der Waals surface area contributed by atoms with Crippen molar-refractivity contribution in [3.05, 3.63) is 48.0 Å². The molecule has 0 heterocycles. The van der Waals surface area contributed by atoms with Crippen LogP contribution in [0.5, 0.6) is 0 Å². The first-order chi connectivity index (χ1) is 12.8. The Balaban J connectivity index is 1.51. The molecule has 0 amide bonds. The van der Waals surface area contributed by atoms with Gasteiger partial charge in [0, 0.05) is 0 Å². The van der Waals surface area contributed by atoms with E-state index >= 15 is 0 Å². The first-order valence-electron chi connectivity index (χ1n) is 10.5. The average Bonchev–Trinajstić information content (AvgIpc) is 2.68. The number of fused-ring (bicyclic) bond motifs is 1. The van der Waals surface area contributed by atoms with E-state index in [0.29, 0.717) is 12.2 Å². The molecule has 0 saturated heterocycles. The van der Waals surface area contributed by atoms with Crippen molar-refractivity contribution in [3.8, 4) is 0 Å². The lowest BCUT2D eigenvalue weighted by molar-refractivity contribution is 0.0498. The molecule has 142 valence electrons. The Hall–Kier alpha value is -1.83. The molecule has 0 atom stereocenters. The topological polar surface area (TPSA) is 26.3 Å². The van der Waals surface area contributed by atoms with Crippen LogP contribution in [-0.4, -0.2) is 12.6 Å². The minimum absolute atomic E-state index is 0.206. The Kier molecular flexibility index (Phi) is 9.86. The van der Waals surface area contributed by atoms with Crippen LogP contribution in [-0.2, 0) is 4.74 Å². The number of benzene rings is 2. The van der Waals surface area contributed by atoms with Crippen LogP contribution in [0, 0.1) is 0 Å². The van der Waals surface area contributed by atoms with Crippen molar-refractivity contribution in [2.75, 3.05) is 6.61 Å². The fraction of sp³-hybridized carbons (Fsp3) is 0.542. The zero-order chi connectivity index (χ0) is 18.5. The molecule has 0 N–H and O–H groups in total. The highest BCUT2D eigenvalue weighted by Gasteiger charge is 2.07. The van der Waals surface area contributed by atoms with Crippen molar-refractivity contribution in [1.82, 2.24) is 0 Å². The predicted molar refractivity (Wildman–Crippen MR) is 111 cm³/mol. The zero-order valence-electron chi connectivity index (χ0n) is 16.3. The lowest BCUT2D eigenvalue weighted by atomic mass is 10.1. The second-order valence-electron chi connectivity index (χ2n) is 7.23. The Morgan fingerprint density at radius 3 is 1.96 bits per heavy atom. The molecular formula is C24H34O2. The van der Waals surface area contributed by atoms with Crippen molar-refractivity contribution < 1.29 is 9.53 Å². The Labute approximate surface area is 158 Å². The Morgan fingerprint density at radius 2 is 1.31 bits per heavy atom. The lowest BCUT2D eigenvalue weighted by Crippen LogP contribution is -2.06. The maximum atomic E-state index is 12.1. The summed E-state index contributed by atoms with van der Waals surface area (Å²) in [6.45, 7) is 2.79. The van der Waals surface area contributed by atoms with E-state index in [1.807, 2.05) is 36.4 Å². The smallest absolute Gasteiger partial charge is 0.338 e. The van der Waals surface area contributed by atoms with Crippen molar-refractivity contribution in [1.29, 1.82) is 0 Å². The molecule has 26 heavy (non-hydrogen) atoms. The van der Waals surface area contributed by atoms with E-state index in [-0.39, 0.29) is 5.97 Å². The van der Waals surface area contributed by atoms with E-state index in [0.717, 1.165) is 23.6 Å². The number of rotatable bonds is 13. The highest BCUT2D eigenvalue weighted by Crippen LogP contribution is 2.16. The average molecular weight is 355 g/mol.